The van der Waals surface area contributed by atoms with Crippen molar-refractivity contribution in [3.63, 3.8) is 0 Å². The van der Waals surface area contributed by atoms with Crippen LogP contribution in [-0.4, -0.2) is 18.0 Å². The molecule has 0 rings (SSSR count). The van der Waals surface area contributed by atoms with E-state index in [-0.39, 0.29) is 0 Å². The average molecular weight is 118 g/mol. The summed E-state index contributed by atoms with van der Waals surface area (Å²) in [6, 6.07) is 0. The van der Waals surface area contributed by atoms with Crippen LogP contribution in [0.5, 0.6) is 0 Å². The number of aliphatic hydroxyl groups excluding tert-OH is 1. The van der Waals surface area contributed by atoms with E-state index >= 15 is 0 Å². The Morgan fingerprint density at radius 3 is 2.62 bits per heavy atom. The van der Waals surface area contributed by atoms with Crippen LogP contribution >= 0.6 is 0 Å². The van der Waals surface area contributed by atoms with Crippen LogP contribution in [0.25, 0.3) is 0 Å². The summed E-state index contributed by atoms with van der Waals surface area (Å²) in [7, 11) is 0. The summed E-state index contributed by atoms with van der Waals surface area (Å²) < 4.78 is 4.84. The van der Waals surface area contributed by atoms with Crippen molar-refractivity contribution in [2.24, 2.45) is 0 Å². The first kappa shape index (κ1) is 7.92. The molecule has 0 saturated heterocycles. The standard InChI is InChI=1S/C6H14O2/c1-3-4-5-8-6(2)7/h6-7H,3-5H2,1-2H3. The van der Waals surface area contributed by atoms with Crippen LogP contribution in [0.1, 0.15) is 26.7 Å². The molecule has 0 spiro atoms. The van der Waals surface area contributed by atoms with Gasteiger partial charge in [0, 0.05) is 6.61 Å². The highest BCUT2D eigenvalue weighted by Crippen LogP contribution is 1.90. The third kappa shape index (κ3) is 5.92. The first-order valence-electron chi connectivity index (χ1n) is 3.07. The lowest BCUT2D eigenvalue weighted by molar-refractivity contribution is -0.0856. The van der Waals surface area contributed by atoms with Crippen molar-refractivity contribution >= 4 is 0 Å². The number of ether oxygens (including phenoxy) is 1. The quantitative estimate of drug-likeness (QED) is 0.443. The third-order valence-corrected chi connectivity index (χ3v) is 0.857. The highest BCUT2D eigenvalue weighted by atomic mass is 16.6. The van der Waals surface area contributed by atoms with Gasteiger partial charge in [-0.15, -0.1) is 0 Å². The van der Waals surface area contributed by atoms with Crippen molar-refractivity contribution in [2.45, 2.75) is 33.0 Å². The summed E-state index contributed by atoms with van der Waals surface area (Å²) in [6.45, 7) is 4.38. The number of hydrogen-bond acceptors (Lipinski definition) is 2. The maximum atomic E-state index is 8.56. The average Bonchev–Trinajstić information content (AvgIpc) is 1.66. The molecule has 8 heavy (non-hydrogen) atoms. The van der Waals surface area contributed by atoms with E-state index in [0.717, 1.165) is 12.8 Å². The maximum absolute atomic E-state index is 8.56. The highest BCUT2D eigenvalue weighted by Gasteiger charge is 1.90. The molecular formula is C6H14O2. The van der Waals surface area contributed by atoms with Gasteiger partial charge in [0.25, 0.3) is 0 Å². The molecule has 0 saturated carbocycles. The predicted octanol–water partition coefficient (Wildman–Crippen LogP) is 1.14. The molecule has 0 bridgehead atoms. The molecule has 2 heteroatoms. The Hall–Kier alpha value is -0.0800. The Kier molecular flexibility index (Phi) is 5.01. The van der Waals surface area contributed by atoms with Crippen molar-refractivity contribution in [2.75, 3.05) is 6.61 Å². The molecule has 0 aliphatic carbocycles. The molecule has 0 aliphatic heterocycles. The minimum absolute atomic E-state index is 0.596. The van der Waals surface area contributed by atoms with E-state index in [9.17, 15) is 0 Å². The number of unbranched alkanes of at least 4 members (excludes halogenated alkanes) is 1. The SMILES string of the molecule is CCCCOC(C)O. The molecule has 0 radical (unpaired) electrons. The molecule has 0 aromatic heterocycles. The van der Waals surface area contributed by atoms with Gasteiger partial charge in [-0.1, -0.05) is 13.3 Å². The smallest absolute Gasteiger partial charge is 0.151 e. The van der Waals surface area contributed by atoms with Crippen LogP contribution in [0.15, 0.2) is 0 Å². The number of hydrogen-bond donors (Lipinski definition) is 1. The normalized spacial score (nSPS) is 13.9. The van der Waals surface area contributed by atoms with Gasteiger partial charge in [0.1, 0.15) is 0 Å². The molecule has 1 N–H and O–H groups in total. The lowest BCUT2D eigenvalue weighted by Gasteiger charge is -2.03. The van der Waals surface area contributed by atoms with E-state index in [4.69, 9.17) is 9.84 Å². The molecule has 0 fully saturated rings. The van der Waals surface area contributed by atoms with E-state index < -0.39 is 6.29 Å². The van der Waals surface area contributed by atoms with Gasteiger partial charge in [0.2, 0.25) is 0 Å². The van der Waals surface area contributed by atoms with Crippen LogP contribution in [0, 0.1) is 0 Å². The number of aliphatic hydroxyl groups is 1. The van der Waals surface area contributed by atoms with Gasteiger partial charge in [-0.2, -0.15) is 0 Å². The first-order valence-corrected chi connectivity index (χ1v) is 3.07. The minimum Gasteiger partial charge on any atom is -0.368 e. The second-order valence-electron chi connectivity index (χ2n) is 1.82. The van der Waals surface area contributed by atoms with E-state index in [1.165, 1.54) is 0 Å². The molecule has 50 valence electrons. The second-order valence-corrected chi connectivity index (χ2v) is 1.82. The Balaban J connectivity index is 2.72. The van der Waals surface area contributed by atoms with Gasteiger partial charge >= 0.3 is 0 Å². The van der Waals surface area contributed by atoms with Gasteiger partial charge in [0.05, 0.1) is 0 Å². The molecule has 0 aromatic rings. The Morgan fingerprint density at radius 1 is 1.62 bits per heavy atom. The topological polar surface area (TPSA) is 29.5 Å². The Labute approximate surface area is 50.5 Å². The van der Waals surface area contributed by atoms with E-state index in [1.54, 1.807) is 6.92 Å². The maximum Gasteiger partial charge on any atom is 0.151 e. The zero-order valence-corrected chi connectivity index (χ0v) is 5.55. The zero-order valence-electron chi connectivity index (χ0n) is 5.55. The van der Waals surface area contributed by atoms with E-state index in [0.29, 0.717) is 6.61 Å². The fourth-order valence-corrected chi connectivity index (χ4v) is 0.398. The first-order chi connectivity index (χ1) is 3.77. The van der Waals surface area contributed by atoms with Gasteiger partial charge < -0.3 is 9.84 Å². The van der Waals surface area contributed by atoms with Crippen LogP contribution in [0.2, 0.25) is 0 Å². The molecular weight excluding hydrogens is 104 g/mol. The van der Waals surface area contributed by atoms with E-state index in [2.05, 4.69) is 6.92 Å². The zero-order chi connectivity index (χ0) is 6.41. The fraction of sp³-hybridized carbons (Fsp3) is 1.00. The summed E-state index contributed by atoms with van der Waals surface area (Å²) >= 11 is 0. The van der Waals surface area contributed by atoms with Crippen LogP contribution in [0.3, 0.4) is 0 Å². The molecule has 2 nitrogen and oxygen atoms in total. The summed E-state index contributed by atoms with van der Waals surface area (Å²) in [5, 5.41) is 8.56. The molecule has 1 atom stereocenters. The van der Waals surface area contributed by atoms with Crippen molar-refractivity contribution < 1.29 is 9.84 Å². The van der Waals surface area contributed by atoms with Gasteiger partial charge in [-0.05, 0) is 13.3 Å². The fourth-order valence-electron chi connectivity index (χ4n) is 0.398. The lowest BCUT2D eigenvalue weighted by atomic mass is 10.4. The summed E-state index contributed by atoms with van der Waals surface area (Å²) in [6.07, 6.45) is 1.55. The third-order valence-electron chi connectivity index (χ3n) is 0.857. The Morgan fingerprint density at radius 2 is 2.25 bits per heavy atom. The van der Waals surface area contributed by atoms with Crippen LogP contribution in [0.4, 0.5) is 0 Å². The van der Waals surface area contributed by atoms with Gasteiger partial charge in [-0.3, -0.25) is 0 Å². The van der Waals surface area contributed by atoms with Crippen molar-refractivity contribution in [3.05, 3.63) is 0 Å². The lowest BCUT2D eigenvalue weighted by Crippen LogP contribution is -2.06. The van der Waals surface area contributed by atoms with Crippen LogP contribution in [-0.2, 0) is 4.74 Å². The molecule has 1 unspecified atom stereocenters. The van der Waals surface area contributed by atoms with Crippen LogP contribution < -0.4 is 0 Å². The largest absolute Gasteiger partial charge is 0.368 e. The predicted molar refractivity (Wildman–Crippen MR) is 32.5 cm³/mol. The van der Waals surface area contributed by atoms with Crippen molar-refractivity contribution in [1.82, 2.24) is 0 Å². The molecule has 0 aliphatic rings. The Bertz CT molecular complexity index is 43.8. The summed E-state index contributed by atoms with van der Waals surface area (Å²) in [4.78, 5) is 0. The van der Waals surface area contributed by atoms with E-state index in [1.807, 2.05) is 0 Å². The second kappa shape index (κ2) is 5.06. The van der Waals surface area contributed by atoms with Gasteiger partial charge in [0.15, 0.2) is 6.29 Å². The summed E-state index contributed by atoms with van der Waals surface area (Å²) in [5.41, 5.74) is 0. The molecule has 0 aromatic carbocycles. The summed E-state index contributed by atoms with van der Waals surface area (Å²) in [5.74, 6) is 0. The molecule has 0 heterocycles. The monoisotopic (exact) mass is 118 g/mol. The van der Waals surface area contributed by atoms with Gasteiger partial charge in [-0.25, -0.2) is 0 Å². The number of rotatable bonds is 4. The minimum atomic E-state index is -0.596. The van der Waals surface area contributed by atoms with Crippen molar-refractivity contribution in [1.29, 1.82) is 0 Å². The van der Waals surface area contributed by atoms with Crippen molar-refractivity contribution in [3.8, 4) is 0 Å². The highest BCUT2D eigenvalue weighted by molar-refractivity contribution is 4.31. The molecule has 0 amide bonds.